The Kier molecular flexibility index (Phi) is 5.16. The van der Waals surface area contributed by atoms with Crippen molar-refractivity contribution in [3.05, 3.63) is 29.8 Å². The molecule has 3 nitrogen and oxygen atoms in total. The van der Waals surface area contributed by atoms with Crippen LogP contribution in [0.2, 0.25) is 0 Å². The van der Waals surface area contributed by atoms with E-state index in [0.717, 1.165) is 5.56 Å². The van der Waals surface area contributed by atoms with Gasteiger partial charge in [-0.05, 0) is 25.0 Å². The molecule has 0 aromatic heterocycles. The number of aryl methyl sites for hydroxylation is 1. The Balaban J connectivity index is 2.72. The van der Waals surface area contributed by atoms with Crippen molar-refractivity contribution in [2.45, 2.75) is 30.5 Å². The van der Waals surface area contributed by atoms with Crippen molar-refractivity contribution >= 4 is 26.0 Å². The minimum atomic E-state index is -3.39. The summed E-state index contributed by atoms with van der Waals surface area (Å²) in [6.07, 6.45) is 0. The molecule has 0 saturated heterocycles. The second-order valence-electron chi connectivity index (χ2n) is 4.42. The molecule has 0 saturated carbocycles. The van der Waals surface area contributed by atoms with Crippen LogP contribution >= 0.6 is 15.9 Å². The topological polar surface area (TPSA) is 46.2 Å². The normalized spacial score (nSPS) is 13.9. The molecule has 0 heterocycles. The van der Waals surface area contributed by atoms with E-state index in [1.165, 1.54) is 0 Å². The first-order valence-electron chi connectivity index (χ1n) is 5.53. The fraction of sp³-hybridized carbons (Fsp3) is 0.500. The summed E-state index contributed by atoms with van der Waals surface area (Å²) in [5, 5.41) is 0. The zero-order valence-electron chi connectivity index (χ0n) is 10.3. The van der Waals surface area contributed by atoms with Gasteiger partial charge in [-0.2, -0.15) is 0 Å². The predicted octanol–water partition coefficient (Wildman–Crippen LogP) is 2.69. The first kappa shape index (κ1) is 14.7. The maximum atomic E-state index is 11.9. The highest BCUT2D eigenvalue weighted by atomic mass is 79.9. The molecule has 96 valence electrons. The summed E-state index contributed by atoms with van der Waals surface area (Å²) in [4.78, 5) is 0.453. The number of alkyl halides is 1. The van der Waals surface area contributed by atoms with E-state index >= 15 is 0 Å². The Morgan fingerprint density at radius 3 is 2.24 bits per heavy atom. The van der Waals surface area contributed by atoms with Crippen molar-refractivity contribution in [1.82, 2.24) is 4.72 Å². The zero-order chi connectivity index (χ0) is 13.1. The molecule has 5 heteroatoms. The maximum absolute atomic E-state index is 11.9. The van der Waals surface area contributed by atoms with Gasteiger partial charge in [-0.25, -0.2) is 13.1 Å². The van der Waals surface area contributed by atoms with E-state index < -0.39 is 10.0 Å². The molecule has 0 spiro atoms. The Labute approximate surface area is 112 Å². The number of hydrogen-bond acceptors (Lipinski definition) is 2. The van der Waals surface area contributed by atoms with Gasteiger partial charge in [-0.3, -0.25) is 0 Å². The van der Waals surface area contributed by atoms with Crippen molar-refractivity contribution in [3.8, 4) is 0 Å². The molecular weight excluding hydrogens is 302 g/mol. The van der Waals surface area contributed by atoms with Crippen molar-refractivity contribution < 1.29 is 8.42 Å². The quantitative estimate of drug-likeness (QED) is 0.848. The molecule has 1 N–H and O–H groups in total. The maximum Gasteiger partial charge on any atom is 0.240 e. The summed E-state index contributed by atoms with van der Waals surface area (Å²) >= 11 is 3.45. The van der Waals surface area contributed by atoms with Gasteiger partial charge >= 0.3 is 0 Å². The van der Waals surface area contributed by atoms with Gasteiger partial charge in [0.25, 0.3) is 0 Å². The molecule has 1 unspecified atom stereocenters. The molecule has 0 aliphatic carbocycles. The predicted molar refractivity (Wildman–Crippen MR) is 73.9 cm³/mol. The number of hydrogen-bond donors (Lipinski definition) is 1. The van der Waals surface area contributed by atoms with Crippen LogP contribution in [0, 0.1) is 12.8 Å². The third kappa shape index (κ3) is 4.41. The van der Waals surface area contributed by atoms with Gasteiger partial charge in [0.2, 0.25) is 10.0 Å². The largest absolute Gasteiger partial charge is 0.240 e. The van der Waals surface area contributed by atoms with Crippen molar-refractivity contribution in [3.63, 3.8) is 0 Å². The van der Waals surface area contributed by atoms with Crippen molar-refractivity contribution in [2.24, 2.45) is 5.92 Å². The van der Waals surface area contributed by atoms with Crippen molar-refractivity contribution in [2.75, 3.05) is 6.54 Å². The van der Waals surface area contributed by atoms with Crippen LogP contribution in [-0.4, -0.2) is 19.8 Å². The smallest absolute Gasteiger partial charge is 0.210 e. The van der Waals surface area contributed by atoms with Gasteiger partial charge in [-0.1, -0.05) is 47.5 Å². The molecule has 17 heavy (non-hydrogen) atoms. The van der Waals surface area contributed by atoms with Crippen LogP contribution < -0.4 is 4.72 Å². The van der Waals surface area contributed by atoms with Gasteiger partial charge in [-0.15, -0.1) is 0 Å². The second kappa shape index (κ2) is 5.98. The standard InChI is InChI=1S/C12H18BrNO2S/c1-9(2)12(13)8-14-17(15,16)11-6-4-10(3)5-7-11/h4-7,9,12,14H,8H2,1-3H3. The average Bonchev–Trinajstić information content (AvgIpc) is 2.26. The highest BCUT2D eigenvalue weighted by molar-refractivity contribution is 9.09. The van der Waals surface area contributed by atoms with Crippen LogP contribution in [0.3, 0.4) is 0 Å². The number of sulfonamides is 1. The van der Waals surface area contributed by atoms with Gasteiger partial charge in [0, 0.05) is 11.4 Å². The van der Waals surface area contributed by atoms with E-state index in [1.54, 1.807) is 24.3 Å². The lowest BCUT2D eigenvalue weighted by atomic mass is 10.1. The highest BCUT2D eigenvalue weighted by Crippen LogP contribution is 2.13. The van der Waals surface area contributed by atoms with Crippen LogP contribution in [0.25, 0.3) is 0 Å². The molecule has 1 aromatic carbocycles. The molecule has 0 radical (unpaired) electrons. The monoisotopic (exact) mass is 319 g/mol. The Morgan fingerprint density at radius 2 is 1.76 bits per heavy atom. The van der Waals surface area contributed by atoms with E-state index in [4.69, 9.17) is 0 Å². The van der Waals surface area contributed by atoms with Crippen LogP contribution in [0.5, 0.6) is 0 Å². The molecule has 0 bridgehead atoms. The number of rotatable bonds is 5. The molecule has 1 atom stereocenters. The molecule has 1 rings (SSSR count). The molecule has 0 amide bonds. The minimum absolute atomic E-state index is 0.141. The van der Waals surface area contributed by atoms with E-state index in [-0.39, 0.29) is 4.83 Å². The summed E-state index contributed by atoms with van der Waals surface area (Å²) in [6.45, 7) is 6.41. The SMILES string of the molecule is Cc1ccc(S(=O)(=O)NCC(Br)C(C)C)cc1. The Morgan fingerprint density at radius 1 is 1.24 bits per heavy atom. The van der Waals surface area contributed by atoms with Gasteiger partial charge in [0.1, 0.15) is 0 Å². The molecule has 0 aliphatic rings. The lowest BCUT2D eigenvalue weighted by Gasteiger charge is -2.14. The third-order valence-electron chi connectivity index (χ3n) is 2.52. The van der Waals surface area contributed by atoms with Crippen LogP contribution in [0.15, 0.2) is 29.2 Å². The molecular formula is C12H18BrNO2S. The number of halogens is 1. The molecule has 0 fully saturated rings. The molecule has 1 aromatic rings. The summed E-state index contributed by atoms with van der Waals surface area (Å²) in [6, 6.07) is 6.83. The second-order valence-corrected chi connectivity index (χ2v) is 7.37. The summed E-state index contributed by atoms with van der Waals surface area (Å²) < 4.78 is 26.5. The Hall–Kier alpha value is -0.390. The van der Waals surface area contributed by atoms with E-state index in [2.05, 4.69) is 20.7 Å². The number of nitrogens with one attached hydrogen (secondary N) is 1. The average molecular weight is 320 g/mol. The van der Waals surface area contributed by atoms with Gasteiger partial charge < -0.3 is 0 Å². The van der Waals surface area contributed by atoms with E-state index in [0.29, 0.717) is 17.4 Å². The fourth-order valence-corrected chi connectivity index (χ4v) is 2.66. The first-order chi connectivity index (χ1) is 7.83. The zero-order valence-corrected chi connectivity index (χ0v) is 12.7. The van der Waals surface area contributed by atoms with E-state index in [9.17, 15) is 8.42 Å². The summed E-state index contributed by atoms with van der Waals surface area (Å²) in [5.74, 6) is 0.385. The fourth-order valence-electron chi connectivity index (χ4n) is 1.23. The summed E-state index contributed by atoms with van der Waals surface area (Å²) in [7, 11) is -3.39. The van der Waals surface area contributed by atoms with Crippen LogP contribution in [-0.2, 0) is 10.0 Å². The minimum Gasteiger partial charge on any atom is -0.210 e. The Bertz CT molecular complexity index is 454. The van der Waals surface area contributed by atoms with Crippen LogP contribution in [0.4, 0.5) is 0 Å². The molecule has 0 aliphatic heterocycles. The van der Waals surface area contributed by atoms with Gasteiger partial charge in [0.05, 0.1) is 4.90 Å². The lowest BCUT2D eigenvalue weighted by Crippen LogP contribution is -2.31. The highest BCUT2D eigenvalue weighted by Gasteiger charge is 2.16. The summed E-state index contributed by atoms with van der Waals surface area (Å²) in [5.41, 5.74) is 1.05. The van der Waals surface area contributed by atoms with Gasteiger partial charge in [0.15, 0.2) is 0 Å². The third-order valence-corrected chi connectivity index (χ3v) is 5.34. The lowest BCUT2D eigenvalue weighted by molar-refractivity contribution is 0.563. The first-order valence-corrected chi connectivity index (χ1v) is 7.93. The number of benzene rings is 1. The van der Waals surface area contributed by atoms with E-state index in [1.807, 2.05) is 20.8 Å². The van der Waals surface area contributed by atoms with Crippen molar-refractivity contribution in [1.29, 1.82) is 0 Å². The van der Waals surface area contributed by atoms with Crippen LogP contribution in [0.1, 0.15) is 19.4 Å².